The number of ether oxygens (including phenoxy) is 1. The van der Waals surface area contributed by atoms with E-state index in [0.29, 0.717) is 5.75 Å². The van der Waals surface area contributed by atoms with Crippen molar-refractivity contribution in [3.05, 3.63) is 29.3 Å². The van der Waals surface area contributed by atoms with E-state index in [2.05, 4.69) is 12.2 Å². The molecule has 0 amide bonds. The largest absolute Gasteiger partial charge is 0.508 e. The van der Waals surface area contributed by atoms with Crippen molar-refractivity contribution in [2.45, 2.75) is 32.7 Å². The molecule has 0 aromatic heterocycles. The molecule has 1 fully saturated rings. The summed E-state index contributed by atoms with van der Waals surface area (Å²) in [7, 11) is 0. The predicted octanol–water partition coefficient (Wildman–Crippen LogP) is 2.78. The van der Waals surface area contributed by atoms with Crippen LogP contribution in [0.4, 0.5) is 0 Å². The summed E-state index contributed by atoms with van der Waals surface area (Å²) >= 11 is 0. The second kappa shape index (κ2) is 6.21. The van der Waals surface area contributed by atoms with Gasteiger partial charge in [0.15, 0.2) is 0 Å². The van der Waals surface area contributed by atoms with Crippen LogP contribution in [0, 0.1) is 12.8 Å². The van der Waals surface area contributed by atoms with Gasteiger partial charge in [0.25, 0.3) is 0 Å². The number of hydrogen-bond donors (Lipinski definition) is 2. The summed E-state index contributed by atoms with van der Waals surface area (Å²) in [5, 5.41) is 13.2. The topological polar surface area (TPSA) is 41.5 Å². The maximum Gasteiger partial charge on any atom is 0.120 e. The molecule has 0 spiro atoms. The Hall–Kier alpha value is -1.06. The van der Waals surface area contributed by atoms with Gasteiger partial charge < -0.3 is 15.2 Å². The van der Waals surface area contributed by atoms with E-state index in [1.165, 1.54) is 12.8 Å². The standard InChI is InChI=1S/C15H23NO2/c1-11-3-6-14(15(17)9-11)12(2)16-7-8-18-10-13-4-5-13/h3,6,9,12-13,16-17H,4-5,7-8,10H2,1-2H3. The lowest BCUT2D eigenvalue weighted by atomic mass is 10.1. The van der Waals surface area contributed by atoms with Crippen LogP contribution in [0.15, 0.2) is 18.2 Å². The van der Waals surface area contributed by atoms with Crippen molar-refractivity contribution >= 4 is 0 Å². The van der Waals surface area contributed by atoms with Crippen molar-refractivity contribution in [3.8, 4) is 5.75 Å². The van der Waals surface area contributed by atoms with Gasteiger partial charge in [-0.05, 0) is 44.2 Å². The third-order valence-electron chi connectivity index (χ3n) is 3.40. The molecule has 2 N–H and O–H groups in total. The Kier molecular flexibility index (Phi) is 4.61. The van der Waals surface area contributed by atoms with Crippen molar-refractivity contribution in [2.24, 2.45) is 5.92 Å². The first-order chi connectivity index (χ1) is 8.66. The minimum atomic E-state index is 0.148. The maximum atomic E-state index is 9.87. The van der Waals surface area contributed by atoms with Crippen LogP contribution in [-0.2, 0) is 4.74 Å². The summed E-state index contributed by atoms with van der Waals surface area (Å²) in [6, 6.07) is 5.96. The summed E-state index contributed by atoms with van der Waals surface area (Å²) in [6.07, 6.45) is 2.67. The number of phenols is 1. The molecule has 100 valence electrons. The first-order valence-electron chi connectivity index (χ1n) is 6.77. The van der Waals surface area contributed by atoms with Gasteiger partial charge in [-0.1, -0.05) is 12.1 Å². The van der Waals surface area contributed by atoms with Gasteiger partial charge in [-0.2, -0.15) is 0 Å². The maximum absolute atomic E-state index is 9.87. The second-order valence-electron chi connectivity index (χ2n) is 5.26. The molecule has 1 aliphatic rings. The fraction of sp³-hybridized carbons (Fsp3) is 0.600. The Labute approximate surface area is 109 Å². The molecule has 18 heavy (non-hydrogen) atoms. The molecule has 1 atom stereocenters. The lowest BCUT2D eigenvalue weighted by molar-refractivity contribution is 0.124. The summed E-state index contributed by atoms with van der Waals surface area (Å²) < 4.78 is 5.57. The third kappa shape index (κ3) is 4.00. The van der Waals surface area contributed by atoms with Crippen molar-refractivity contribution in [1.29, 1.82) is 0 Å². The third-order valence-corrected chi connectivity index (χ3v) is 3.40. The number of nitrogens with one attached hydrogen (secondary N) is 1. The van der Waals surface area contributed by atoms with E-state index in [0.717, 1.165) is 36.8 Å². The summed E-state index contributed by atoms with van der Waals surface area (Å²) in [5.41, 5.74) is 2.03. The van der Waals surface area contributed by atoms with Crippen LogP contribution < -0.4 is 5.32 Å². The lowest BCUT2D eigenvalue weighted by Gasteiger charge is -2.16. The summed E-state index contributed by atoms with van der Waals surface area (Å²) in [6.45, 7) is 6.51. The highest BCUT2D eigenvalue weighted by atomic mass is 16.5. The number of rotatable bonds is 7. The molecule has 0 heterocycles. The Morgan fingerprint density at radius 3 is 2.89 bits per heavy atom. The van der Waals surface area contributed by atoms with Crippen LogP contribution >= 0.6 is 0 Å². The van der Waals surface area contributed by atoms with E-state index in [1.807, 2.05) is 19.1 Å². The van der Waals surface area contributed by atoms with Crippen LogP contribution in [0.2, 0.25) is 0 Å². The van der Waals surface area contributed by atoms with Crippen LogP contribution in [0.1, 0.15) is 36.9 Å². The van der Waals surface area contributed by atoms with E-state index in [1.54, 1.807) is 6.07 Å². The van der Waals surface area contributed by atoms with Gasteiger partial charge in [-0.15, -0.1) is 0 Å². The molecule has 1 aliphatic carbocycles. The number of phenolic OH excluding ortho intramolecular Hbond substituents is 1. The first-order valence-corrected chi connectivity index (χ1v) is 6.77. The minimum absolute atomic E-state index is 0.148. The number of aryl methyl sites for hydroxylation is 1. The van der Waals surface area contributed by atoms with E-state index in [9.17, 15) is 5.11 Å². The molecule has 3 nitrogen and oxygen atoms in total. The van der Waals surface area contributed by atoms with E-state index in [-0.39, 0.29) is 6.04 Å². The summed E-state index contributed by atoms with van der Waals surface area (Å²) in [4.78, 5) is 0. The smallest absolute Gasteiger partial charge is 0.120 e. The summed E-state index contributed by atoms with van der Waals surface area (Å²) in [5.74, 6) is 1.19. The Morgan fingerprint density at radius 2 is 2.22 bits per heavy atom. The fourth-order valence-electron chi connectivity index (χ4n) is 2.01. The molecule has 1 aromatic carbocycles. The van der Waals surface area contributed by atoms with Gasteiger partial charge >= 0.3 is 0 Å². The quantitative estimate of drug-likeness (QED) is 0.730. The van der Waals surface area contributed by atoms with Gasteiger partial charge in [0, 0.05) is 24.8 Å². The molecule has 0 aliphatic heterocycles. The molecule has 1 aromatic rings. The van der Waals surface area contributed by atoms with E-state index in [4.69, 9.17) is 4.74 Å². The second-order valence-corrected chi connectivity index (χ2v) is 5.26. The predicted molar refractivity (Wildman–Crippen MR) is 72.8 cm³/mol. The average molecular weight is 249 g/mol. The van der Waals surface area contributed by atoms with Crippen molar-refractivity contribution < 1.29 is 9.84 Å². The Morgan fingerprint density at radius 1 is 1.44 bits per heavy atom. The van der Waals surface area contributed by atoms with Crippen LogP contribution in [0.5, 0.6) is 5.75 Å². The number of aromatic hydroxyl groups is 1. The van der Waals surface area contributed by atoms with E-state index >= 15 is 0 Å². The highest BCUT2D eigenvalue weighted by Gasteiger charge is 2.20. The zero-order valence-corrected chi connectivity index (χ0v) is 11.3. The monoisotopic (exact) mass is 249 g/mol. The van der Waals surface area contributed by atoms with Crippen LogP contribution in [-0.4, -0.2) is 24.9 Å². The van der Waals surface area contributed by atoms with Crippen LogP contribution in [0.3, 0.4) is 0 Å². The highest BCUT2D eigenvalue weighted by molar-refractivity contribution is 5.37. The van der Waals surface area contributed by atoms with Gasteiger partial charge in [-0.3, -0.25) is 0 Å². The molecule has 0 bridgehead atoms. The molecule has 1 saturated carbocycles. The Bertz CT molecular complexity index is 388. The molecule has 0 radical (unpaired) electrons. The highest BCUT2D eigenvalue weighted by Crippen LogP contribution is 2.28. The lowest BCUT2D eigenvalue weighted by Crippen LogP contribution is -2.23. The molecular formula is C15H23NO2. The first kappa shape index (κ1) is 13.4. The molecule has 1 unspecified atom stereocenters. The van der Waals surface area contributed by atoms with Crippen molar-refractivity contribution in [2.75, 3.05) is 19.8 Å². The SMILES string of the molecule is Cc1ccc(C(C)NCCOCC2CC2)c(O)c1. The van der Waals surface area contributed by atoms with Gasteiger partial charge in [0.1, 0.15) is 5.75 Å². The average Bonchev–Trinajstić information content (AvgIpc) is 3.12. The zero-order valence-electron chi connectivity index (χ0n) is 11.3. The molecular weight excluding hydrogens is 226 g/mol. The van der Waals surface area contributed by atoms with Crippen molar-refractivity contribution in [1.82, 2.24) is 5.32 Å². The molecule has 0 saturated heterocycles. The zero-order chi connectivity index (χ0) is 13.0. The van der Waals surface area contributed by atoms with Crippen LogP contribution in [0.25, 0.3) is 0 Å². The van der Waals surface area contributed by atoms with Gasteiger partial charge in [-0.25, -0.2) is 0 Å². The molecule has 3 heteroatoms. The van der Waals surface area contributed by atoms with Crippen molar-refractivity contribution in [3.63, 3.8) is 0 Å². The van der Waals surface area contributed by atoms with Gasteiger partial charge in [0.05, 0.1) is 6.61 Å². The minimum Gasteiger partial charge on any atom is -0.508 e. The Balaban J connectivity index is 1.70. The fourth-order valence-corrected chi connectivity index (χ4v) is 2.01. The molecule has 2 rings (SSSR count). The number of hydrogen-bond acceptors (Lipinski definition) is 3. The van der Waals surface area contributed by atoms with Gasteiger partial charge in [0.2, 0.25) is 0 Å². The number of benzene rings is 1. The normalized spacial score (nSPS) is 16.8. The van der Waals surface area contributed by atoms with E-state index < -0.39 is 0 Å².